The number of hydroxylamine groups is 1. The largest absolute Gasteiger partial charge is 0.622 e. The Hall–Kier alpha value is -1.51. The number of nitrogens with one attached hydrogen (secondary N) is 1. The van der Waals surface area contributed by atoms with Crippen molar-refractivity contribution in [3.8, 4) is 0 Å². The average molecular weight is 190 g/mol. The fraction of sp³-hybridized carbons (Fsp3) is 0.364. The van der Waals surface area contributed by atoms with Crippen molar-refractivity contribution < 1.29 is 4.74 Å². The molecule has 2 rings (SSSR count). The van der Waals surface area contributed by atoms with E-state index in [1.54, 1.807) is 0 Å². The lowest BCUT2D eigenvalue weighted by molar-refractivity contribution is -0.533. The molecule has 0 amide bonds. The molecule has 0 saturated heterocycles. The van der Waals surface area contributed by atoms with Crippen LogP contribution in [0.4, 0.5) is 5.69 Å². The van der Waals surface area contributed by atoms with Crippen molar-refractivity contribution in [3.05, 3.63) is 35.0 Å². The second kappa shape index (κ2) is 2.74. The maximum atomic E-state index is 11.8. The summed E-state index contributed by atoms with van der Waals surface area (Å²) in [7, 11) is 0. The summed E-state index contributed by atoms with van der Waals surface area (Å²) in [6.45, 7) is 5.60. The van der Waals surface area contributed by atoms with Gasteiger partial charge < -0.3 is 10.5 Å². The van der Waals surface area contributed by atoms with E-state index < -0.39 is 5.66 Å². The lowest BCUT2D eigenvalue weighted by Crippen LogP contribution is -2.46. The predicted molar refractivity (Wildman–Crippen MR) is 57.6 cm³/mol. The zero-order valence-electron chi connectivity index (χ0n) is 8.66. The average Bonchev–Trinajstić information content (AvgIpc) is 2.14. The molecule has 0 aliphatic carbocycles. The van der Waals surface area contributed by atoms with Crippen LogP contribution in [0.1, 0.15) is 26.3 Å². The predicted octanol–water partition coefficient (Wildman–Crippen LogP) is 2.17. The summed E-state index contributed by atoms with van der Waals surface area (Å²) in [5.74, 6) is 0. The van der Waals surface area contributed by atoms with Crippen LogP contribution >= 0.6 is 0 Å². The first-order valence-electron chi connectivity index (χ1n) is 4.71. The summed E-state index contributed by atoms with van der Waals surface area (Å²) < 4.78 is 1.02. The number of hydrogen-bond acceptors (Lipinski definition) is 2. The molecule has 3 nitrogen and oxygen atoms in total. The van der Waals surface area contributed by atoms with Crippen LogP contribution in [0.2, 0.25) is 0 Å². The number of hydrogen-bond donors (Lipinski definition) is 1. The Bertz CT molecular complexity index is 408. The van der Waals surface area contributed by atoms with Crippen molar-refractivity contribution in [2.45, 2.75) is 26.4 Å². The summed E-state index contributed by atoms with van der Waals surface area (Å²) in [5.41, 5.74) is 2.23. The van der Waals surface area contributed by atoms with Gasteiger partial charge in [0, 0.05) is 20.8 Å². The van der Waals surface area contributed by atoms with E-state index in [2.05, 4.69) is 5.32 Å². The fourth-order valence-electron chi connectivity index (χ4n) is 1.82. The number of anilines is 1. The zero-order valence-corrected chi connectivity index (χ0v) is 8.66. The molecule has 0 spiro atoms. The third-order valence-corrected chi connectivity index (χ3v) is 2.57. The van der Waals surface area contributed by atoms with Gasteiger partial charge in [-0.15, -0.1) is 0 Å². The molecular weight excluding hydrogens is 176 g/mol. The highest BCUT2D eigenvalue weighted by molar-refractivity contribution is 6.01. The van der Waals surface area contributed by atoms with E-state index in [4.69, 9.17) is 0 Å². The maximum Gasteiger partial charge on any atom is 0.240 e. The van der Waals surface area contributed by atoms with E-state index >= 15 is 0 Å². The van der Waals surface area contributed by atoms with Gasteiger partial charge in [0.1, 0.15) is 0 Å². The Morgan fingerprint density at radius 2 is 1.93 bits per heavy atom. The third kappa shape index (κ3) is 1.16. The van der Waals surface area contributed by atoms with Gasteiger partial charge in [0.15, 0.2) is 5.71 Å². The highest BCUT2D eigenvalue weighted by atomic mass is 16.5. The van der Waals surface area contributed by atoms with E-state index in [1.165, 1.54) is 0 Å². The molecule has 14 heavy (non-hydrogen) atoms. The smallest absolute Gasteiger partial charge is 0.240 e. The Kier molecular flexibility index (Phi) is 1.77. The zero-order chi connectivity index (χ0) is 10.3. The van der Waals surface area contributed by atoms with Gasteiger partial charge in [-0.3, -0.25) is 0 Å². The van der Waals surface area contributed by atoms with Crippen molar-refractivity contribution in [2.75, 3.05) is 5.32 Å². The topological polar surface area (TPSA) is 38.1 Å². The lowest BCUT2D eigenvalue weighted by Gasteiger charge is -2.32. The molecule has 1 N–H and O–H groups in total. The maximum absolute atomic E-state index is 11.8. The van der Waals surface area contributed by atoms with Crippen molar-refractivity contribution in [1.29, 1.82) is 0 Å². The minimum Gasteiger partial charge on any atom is -0.622 e. The van der Waals surface area contributed by atoms with Crippen LogP contribution in [-0.4, -0.2) is 16.1 Å². The third-order valence-electron chi connectivity index (χ3n) is 2.57. The summed E-state index contributed by atoms with van der Waals surface area (Å²) >= 11 is 0. The molecule has 0 radical (unpaired) electrons. The van der Waals surface area contributed by atoms with Crippen LogP contribution in [-0.2, 0) is 0 Å². The molecule has 0 aromatic heterocycles. The van der Waals surface area contributed by atoms with Gasteiger partial charge in [-0.1, -0.05) is 12.1 Å². The molecule has 1 aliphatic rings. The van der Waals surface area contributed by atoms with E-state index in [-0.39, 0.29) is 0 Å². The Labute approximate surface area is 83.7 Å². The molecule has 1 aromatic rings. The molecule has 0 bridgehead atoms. The number of fused-ring (bicyclic) bond motifs is 1. The van der Waals surface area contributed by atoms with E-state index in [9.17, 15) is 5.21 Å². The summed E-state index contributed by atoms with van der Waals surface area (Å²) in [6.07, 6.45) is 0. The van der Waals surface area contributed by atoms with Crippen LogP contribution in [0.15, 0.2) is 24.3 Å². The van der Waals surface area contributed by atoms with E-state index in [0.29, 0.717) is 0 Å². The van der Waals surface area contributed by atoms with E-state index in [1.807, 2.05) is 45.0 Å². The van der Waals surface area contributed by atoms with Gasteiger partial charge in [0.25, 0.3) is 0 Å². The number of nitrogens with zero attached hydrogens (tertiary/aromatic N) is 1. The summed E-state index contributed by atoms with van der Waals surface area (Å²) in [6, 6.07) is 7.86. The second-order valence-corrected chi connectivity index (χ2v) is 4.11. The molecular formula is C11H14N2O. The Morgan fingerprint density at radius 1 is 1.29 bits per heavy atom. The molecule has 0 saturated carbocycles. The van der Waals surface area contributed by atoms with Crippen LogP contribution < -0.4 is 5.32 Å². The molecule has 1 aliphatic heterocycles. The lowest BCUT2D eigenvalue weighted by atomic mass is 10.0. The number of rotatable bonds is 0. The fourth-order valence-corrected chi connectivity index (χ4v) is 1.82. The summed E-state index contributed by atoms with van der Waals surface area (Å²) in [5, 5.41) is 15.0. The van der Waals surface area contributed by atoms with Gasteiger partial charge >= 0.3 is 0 Å². The molecule has 0 atom stereocenters. The van der Waals surface area contributed by atoms with Gasteiger partial charge in [-0.25, -0.2) is 0 Å². The highest BCUT2D eigenvalue weighted by Gasteiger charge is 2.33. The first-order chi connectivity index (χ1) is 6.52. The molecule has 0 fully saturated rings. The van der Waals surface area contributed by atoms with Gasteiger partial charge in [0.2, 0.25) is 5.66 Å². The number of para-hydroxylation sites is 1. The first-order valence-corrected chi connectivity index (χ1v) is 4.71. The Balaban J connectivity index is 2.64. The summed E-state index contributed by atoms with van der Waals surface area (Å²) in [4.78, 5) is 0. The monoisotopic (exact) mass is 190 g/mol. The standard InChI is InChI=1S/C11H14N2O/c1-8-9-6-4-5-7-10(9)12-11(2,3)13(8)14/h4-7,12H,1-3H3. The number of benzene rings is 1. The molecule has 74 valence electrons. The van der Waals surface area contributed by atoms with Crippen LogP contribution in [0.25, 0.3) is 0 Å². The highest BCUT2D eigenvalue weighted by Crippen LogP contribution is 2.26. The minimum absolute atomic E-state index is 0.557. The van der Waals surface area contributed by atoms with Crippen molar-refractivity contribution in [2.24, 2.45) is 0 Å². The van der Waals surface area contributed by atoms with Crippen molar-refractivity contribution >= 4 is 11.4 Å². The quantitative estimate of drug-likeness (QED) is 0.503. The van der Waals surface area contributed by atoms with Crippen molar-refractivity contribution in [3.63, 3.8) is 0 Å². The normalized spacial score (nSPS) is 18.8. The second-order valence-electron chi connectivity index (χ2n) is 4.11. The van der Waals surface area contributed by atoms with E-state index in [0.717, 1.165) is 21.7 Å². The van der Waals surface area contributed by atoms with Crippen LogP contribution in [0.5, 0.6) is 0 Å². The molecule has 0 unspecified atom stereocenters. The van der Waals surface area contributed by atoms with Gasteiger partial charge in [-0.05, 0) is 12.1 Å². The Morgan fingerprint density at radius 3 is 2.64 bits per heavy atom. The SMILES string of the molecule is CC1=[N+]([O-])C(C)(C)Nc2ccccc21. The van der Waals surface area contributed by atoms with Crippen molar-refractivity contribution in [1.82, 2.24) is 0 Å². The molecule has 1 heterocycles. The van der Waals surface area contributed by atoms with Gasteiger partial charge in [0.05, 0.1) is 11.3 Å². The molecule has 3 heteroatoms. The first kappa shape index (κ1) is 9.06. The van der Waals surface area contributed by atoms with Gasteiger partial charge in [-0.2, -0.15) is 4.74 Å². The van der Waals surface area contributed by atoms with Crippen LogP contribution in [0, 0.1) is 5.21 Å². The minimum atomic E-state index is -0.557. The van der Waals surface area contributed by atoms with Crippen LogP contribution in [0.3, 0.4) is 0 Å². The molecule has 1 aromatic carbocycles.